The number of nitrogens with two attached hydrogens (primary N) is 1. The van der Waals surface area contributed by atoms with Crippen molar-refractivity contribution in [3.8, 4) is 0 Å². The van der Waals surface area contributed by atoms with E-state index in [2.05, 4.69) is 41.5 Å². The van der Waals surface area contributed by atoms with E-state index in [1.807, 2.05) is 0 Å². The van der Waals surface area contributed by atoms with Gasteiger partial charge in [-0.3, -0.25) is 4.99 Å². The lowest BCUT2D eigenvalue weighted by atomic mass is 9.96. The zero-order chi connectivity index (χ0) is 13.5. The fraction of sp³-hybridized carbons (Fsp3) is 0.562. The summed E-state index contributed by atoms with van der Waals surface area (Å²) in [6.07, 6.45) is 7.41. The minimum absolute atomic E-state index is 0. The summed E-state index contributed by atoms with van der Waals surface area (Å²) in [5, 5.41) is 3.35. The van der Waals surface area contributed by atoms with Gasteiger partial charge in [0.1, 0.15) is 0 Å². The molecule has 0 bridgehead atoms. The first-order valence-corrected chi connectivity index (χ1v) is 7.36. The highest BCUT2D eigenvalue weighted by atomic mass is 127. The Morgan fingerprint density at radius 2 is 1.95 bits per heavy atom. The van der Waals surface area contributed by atoms with Gasteiger partial charge in [-0.25, -0.2) is 0 Å². The van der Waals surface area contributed by atoms with Gasteiger partial charge in [-0.2, -0.15) is 0 Å². The topological polar surface area (TPSA) is 50.4 Å². The van der Waals surface area contributed by atoms with Crippen LogP contribution < -0.4 is 11.1 Å². The summed E-state index contributed by atoms with van der Waals surface area (Å²) in [6, 6.07) is 8.99. The second-order valence-corrected chi connectivity index (χ2v) is 5.42. The average molecular weight is 387 g/mol. The van der Waals surface area contributed by atoms with E-state index in [0.29, 0.717) is 12.0 Å². The molecule has 1 aliphatic carbocycles. The second kappa shape index (κ2) is 9.21. The highest BCUT2D eigenvalue weighted by Crippen LogP contribution is 2.17. The number of aryl methyl sites for hydroxylation is 1. The normalized spacial score (nSPS) is 16.6. The number of benzene rings is 1. The van der Waals surface area contributed by atoms with Crippen LogP contribution in [0.5, 0.6) is 0 Å². The Balaban J connectivity index is 0.00000200. The number of aliphatic imine (C=N–C) groups is 1. The zero-order valence-electron chi connectivity index (χ0n) is 12.3. The first kappa shape index (κ1) is 17.3. The molecule has 0 aliphatic heterocycles. The minimum Gasteiger partial charge on any atom is -0.370 e. The quantitative estimate of drug-likeness (QED) is 0.473. The van der Waals surface area contributed by atoms with E-state index in [1.165, 1.54) is 43.2 Å². The smallest absolute Gasteiger partial charge is 0.188 e. The highest BCUT2D eigenvalue weighted by molar-refractivity contribution is 14.0. The van der Waals surface area contributed by atoms with Crippen LogP contribution in [0, 0.1) is 6.92 Å². The SMILES string of the molecule is Cc1ccccc1CCN=C(N)NC1CCCCC1.I. The van der Waals surface area contributed by atoms with Crippen molar-refractivity contribution in [2.24, 2.45) is 10.7 Å². The Morgan fingerprint density at radius 3 is 2.65 bits per heavy atom. The molecule has 2 rings (SSSR count). The van der Waals surface area contributed by atoms with Crippen molar-refractivity contribution in [1.82, 2.24) is 5.32 Å². The van der Waals surface area contributed by atoms with E-state index in [9.17, 15) is 0 Å². The molecule has 0 amide bonds. The molecule has 1 aromatic rings. The Morgan fingerprint density at radius 1 is 1.25 bits per heavy atom. The standard InChI is InChI=1S/C16H25N3.HI/c1-13-7-5-6-8-14(13)11-12-18-16(17)19-15-9-3-2-4-10-15;/h5-8,15H,2-4,9-12H2,1H3,(H3,17,18,19);1H. The molecule has 1 saturated carbocycles. The first-order valence-electron chi connectivity index (χ1n) is 7.36. The van der Waals surface area contributed by atoms with Crippen LogP contribution in [-0.4, -0.2) is 18.5 Å². The molecule has 0 unspecified atom stereocenters. The molecular formula is C16H26IN3. The van der Waals surface area contributed by atoms with Crippen LogP contribution in [0.4, 0.5) is 0 Å². The summed E-state index contributed by atoms with van der Waals surface area (Å²) >= 11 is 0. The lowest BCUT2D eigenvalue weighted by Gasteiger charge is -2.23. The molecule has 3 N–H and O–H groups in total. The summed E-state index contributed by atoms with van der Waals surface area (Å²) in [6.45, 7) is 2.90. The molecule has 1 fully saturated rings. The number of hydrogen-bond donors (Lipinski definition) is 2. The van der Waals surface area contributed by atoms with Crippen molar-refractivity contribution in [1.29, 1.82) is 0 Å². The van der Waals surface area contributed by atoms with E-state index < -0.39 is 0 Å². The summed E-state index contributed by atoms with van der Waals surface area (Å²) < 4.78 is 0. The number of nitrogens with zero attached hydrogens (tertiary/aromatic N) is 1. The van der Waals surface area contributed by atoms with Crippen molar-refractivity contribution in [3.63, 3.8) is 0 Å². The fourth-order valence-electron chi connectivity index (χ4n) is 2.69. The maximum Gasteiger partial charge on any atom is 0.188 e. The van der Waals surface area contributed by atoms with Gasteiger partial charge in [-0.05, 0) is 37.3 Å². The number of halogens is 1. The molecular weight excluding hydrogens is 361 g/mol. The van der Waals surface area contributed by atoms with E-state index in [1.54, 1.807) is 0 Å². The van der Waals surface area contributed by atoms with Crippen molar-refractivity contribution in [3.05, 3.63) is 35.4 Å². The largest absolute Gasteiger partial charge is 0.370 e. The molecule has 1 aromatic carbocycles. The average Bonchev–Trinajstić information content (AvgIpc) is 2.42. The number of rotatable bonds is 4. The van der Waals surface area contributed by atoms with Gasteiger partial charge in [-0.15, -0.1) is 24.0 Å². The molecule has 0 heterocycles. The van der Waals surface area contributed by atoms with Gasteiger partial charge in [0.15, 0.2) is 5.96 Å². The van der Waals surface area contributed by atoms with Crippen LogP contribution in [0.1, 0.15) is 43.2 Å². The van der Waals surface area contributed by atoms with Crippen molar-refractivity contribution in [2.45, 2.75) is 51.5 Å². The Labute approximate surface area is 139 Å². The van der Waals surface area contributed by atoms with E-state index in [-0.39, 0.29) is 24.0 Å². The molecule has 4 heteroatoms. The molecule has 20 heavy (non-hydrogen) atoms. The molecule has 0 saturated heterocycles. The number of guanidine groups is 1. The van der Waals surface area contributed by atoms with Crippen molar-refractivity contribution >= 4 is 29.9 Å². The molecule has 0 atom stereocenters. The van der Waals surface area contributed by atoms with E-state index in [4.69, 9.17) is 5.73 Å². The Kier molecular flexibility index (Phi) is 7.95. The minimum atomic E-state index is 0. The maximum atomic E-state index is 5.95. The summed E-state index contributed by atoms with van der Waals surface area (Å²) in [5.41, 5.74) is 8.63. The Bertz CT molecular complexity index is 425. The van der Waals surface area contributed by atoms with Gasteiger partial charge in [0.05, 0.1) is 0 Å². The van der Waals surface area contributed by atoms with Gasteiger partial charge >= 0.3 is 0 Å². The van der Waals surface area contributed by atoms with Gasteiger partial charge in [-0.1, -0.05) is 43.5 Å². The predicted octanol–water partition coefficient (Wildman–Crippen LogP) is 3.39. The van der Waals surface area contributed by atoms with Crippen LogP contribution in [0.15, 0.2) is 29.3 Å². The zero-order valence-corrected chi connectivity index (χ0v) is 14.6. The lowest BCUT2D eigenvalue weighted by molar-refractivity contribution is 0.412. The van der Waals surface area contributed by atoms with Crippen molar-refractivity contribution < 1.29 is 0 Å². The first-order chi connectivity index (χ1) is 9.25. The molecule has 0 aromatic heterocycles. The fourth-order valence-corrected chi connectivity index (χ4v) is 2.69. The third-order valence-electron chi connectivity index (χ3n) is 3.88. The third kappa shape index (κ3) is 5.69. The van der Waals surface area contributed by atoms with Gasteiger partial charge in [0.25, 0.3) is 0 Å². The molecule has 3 nitrogen and oxygen atoms in total. The number of hydrogen-bond acceptors (Lipinski definition) is 1. The highest BCUT2D eigenvalue weighted by Gasteiger charge is 2.13. The van der Waals surface area contributed by atoms with Crippen LogP contribution in [-0.2, 0) is 6.42 Å². The van der Waals surface area contributed by atoms with Crippen LogP contribution in [0.25, 0.3) is 0 Å². The number of nitrogens with one attached hydrogen (secondary N) is 1. The third-order valence-corrected chi connectivity index (χ3v) is 3.88. The second-order valence-electron chi connectivity index (χ2n) is 5.42. The molecule has 0 radical (unpaired) electrons. The Hall–Kier alpha value is -0.780. The molecule has 112 valence electrons. The molecule has 0 spiro atoms. The van der Waals surface area contributed by atoms with Crippen LogP contribution in [0.2, 0.25) is 0 Å². The summed E-state index contributed by atoms with van der Waals surface area (Å²) in [7, 11) is 0. The van der Waals surface area contributed by atoms with Gasteiger partial charge < -0.3 is 11.1 Å². The van der Waals surface area contributed by atoms with Crippen LogP contribution >= 0.6 is 24.0 Å². The van der Waals surface area contributed by atoms with Gasteiger partial charge in [0.2, 0.25) is 0 Å². The lowest BCUT2D eigenvalue weighted by Crippen LogP contribution is -2.41. The van der Waals surface area contributed by atoms with E-state index in [0.717, 1.165) is 13.0 Å². The van der Waals surface area contributed by atoms with E-state index >= 15 is 0 Å². The van der Waals surface area contributed by atoms with Gasteiger partial charge in [0, 0.05) is 12.6 Å². The summed E-state index contributed by atoms with van der Waals surface area (Å²) in [5.74, 6) is 0.612. The molecule has 1 aliphatic rings. The van der Waals surface area contributed by atoms with Crippen molar-refractivity contribution in [2.75, 3.05) is 6.54 Å². The van der Waals surface area contributed by atoms with Crippen LogP contribution in [0.3, 0.4) is 0 Å². The summed E-state index contributed by atoms with van der Waals surface area (Å²) in [4.78, 5) is 4.44. The predicted molar refractivity (Wildman–Crippen MR) is 96.8 cm³/mol. The maximum absolute atomic E-state index is 5.95. The monoisotopic (exact) mass is 387 g/mol.